The minimum Gasteiger partial charge on any atom is -0.379 e. The Labute approximate surface area is 208 Å². The number of carbonyl (C=O) groups is 1. The number of carbonyl (C=O) groups excluding carboxylic acids is 1. The summed E-state index contributed by atoms with van der Waals surface area (Å²) in [5.74, 6) is -0.579. The second-order valence-corrected chi connectivity index (χ2v) is 11.2. The number of halogens is 3. The molecule has 0 bridgehead atoms. The lowest BCUT2D eigenvalue weighted by atomic mass is 9.75. The molecule has 1 aromatic carbocycles. The highest BCUT2D eigenvalue weighted by Gasteiger charge is 2.67. The molecule has 3 saturated heterocycles. The van der Waals surface area contributed by atoms with E-state index >= 15 is 0 Å². The van der Waals surface area contributed by atoms with Crippen LogP contribution in [-0.2, 0) is 21.6 Å². The second kappa shape index (κ2) is 8.58. The summed E-state index contributed by atoms with van der Waals surface area (Å²) in [6, 6.07) is 6.61. The summed E-state index contributed by atoms with van der Waals surface area (Å²) in [7, 11) is 0. The SMILES string of the molecule is CC1(C)Cc2cc(NC3NN([C@]4(CC#N)CCCOC4)C4CCNC(=O)C34)ccc2C1(O)C(F)(F)F. The van der Waals surface area contributed by atoms with Crippen LogP contribution in [0.3, 0.4) is 0 Å². The Balaban J connectivity index is 1.45. The van der Waals surface area contributed by atoms with Crippen LogP contribution in [0.1, 0.15) is 50.7 Å². The fraction of sp³-hybridized carbons (Fsp3) is 0.680. The highest BCUT2D eigenvalue weighted by atomic mass is 19.4. The Hall–Kier alpha value is -2.39. The largest absolute Gasteiger partial charge is 0.421 e. The van der Waals surface area contributed by atoms with Gasteiger partial charge in [0, 0.05) is 30.3 Å². The lowest BCUT2D eigenvalue weighted by Crippen LogP contribution is -2.61. The molecule has 3 heterocycles. The van der Waals surface area contributed by atoms with Gasteiger partial charge in [-0.25, -0.2) is 10.4 Å². The summed E-state index contributed by atoms with van der Waals surface area (Å²) >= 11 is 0. The molecule has 8 nitrogen and oxygen atoms in total. The van der Waals surface area contributed by atoms with Gasteiger partial charge < -0.3 is 20.5 Å². The lowest BCUT2D eigenvalue weighted by molar-refractivity contribution is -0.299. The number of nitrogens with one attached hydrogen (secondary N) is 3. The molecule has 11 heteroatoms. The molecule has 5 atom stereocenters. The molecule has 1 amide bonds. The summed E-state index contributed by atoms with van der Waals surface area (Å²) in [6.45, 7) is 4.38. The number of rotatable bonds is 4. The van der Waals surface area contributed by atoms with E-state index in [-0.39, 0.29) is 30.4 Å². The van der Waals surface area contributed by atoms with Crippen molar-refractivity contribution in [3.05, 3.63) is 29.3 Å². The Morgan fingerprint density at radius 2 is 2.14 bits per heavy atom. The minimum atomic E-state index is -4.81. The number of benzene rings is 1. The molecule has 4 N–H and O–H groups in total. The van der Waals surface area contributed by atoms with Crippen molar-refractivity contribution in [3.8, 4) is 6.07 Å². The molecule has 36 heavy (non-hydrogen) atoms. The van der Waals surface area contributed by atoms with Crippen LogP contribution in [0.15, 0.2) is 18.2 Å². The van der Waals surface area contributed by atoms with Gasteiger partial charge in [0.05, 0.1) is 30.6 Å². The van der Waals surface area contributed by atoms with Crippen molar-refractivity contribution in [1.82, 2.24) is 15.8 Å². The van der Waals surface area contributed by atoms with Gasteiger partial charge in [0.15, 0.2) is 5.60 Å². The molecule has 196 valence electrons. The minimum absolute atomic E-state index is 0.0627. The number of amides is 1. The monoisotopic (exact) mass is 507 g/mol. The van der Waals surface area contributed by atoms with E-state index in [0.717, 1.165) is 12.8 Å². The van der Waals surface area contributed by atoms with Gasteiger partial charge in [-0.1, -0.05) is 19.9 Å². The maximum Gasteiger partial charge on any atom is 0.421 e. The average molecular weight is 508 g/mol. The van der Waals surface area contributed by atoms with E-state index < -0.39 is 34.8 Å². The molecule has 0 aromatic heterocycles. The molecule has 0 saturated carbocycles. The molecular formula is C25H32F3N5O3. The molecule has 1 aliphatic carbocycles. The number of nitriles is 1. The van der Waals surface area contributed by atoms with Gasteiger partial charge in [-0.3, -0.25) is 4.79 Å². The Bertz CT molecular complexity index is 1080. The second-order valence-electron chi connectivity index (χ2n) is 11.2. The zero-order valence-electron chi connectivity index (χ0n) is 20.4. The first-order valence-corrected chi connectivity index (χ1v) is 12.4. The topological polar surface area (TPSA) is 110 Å². The van der Waals surface area contributed by atoms with Gasteiger partial charge in [-0.05, 0) is 48.9 Å². The third-order valence-corrected chi connectivity index (χ3v) is 8.49. The number of hydrogen-bond acceptors (Lipinski definition) is 7. The van der Waals surface area contributed by atoms with Crippen LogP contribution in [-0.4, -0.2) is 59.7 Å². The van der Waals surface area contributed by atoms with Crippen molar-refractivity contribution in [2.45, 2.75) is 75.5 Å². The van der Waals surface area contributed by atoms with Crippen LogP contribution in [0, 0.1) is 22.7 Å². The molecule has 5 rings (SSSR count). The van der Waals surface area contributed by atoms with Crippen LogP contribution >= 0.6 is 0 Å². The number of hydrazine groups is 1. The molecule has 1 aromatic rings. The highest BCUT2D eigenvalue weighted by molar-refractivity contribution is 5.82. The van der Waals surface area contributed by atoms with Crippen molar-refractivity contribution >= 4 is 11.6 Å². The maximum absolute atomic E-state index is 13.9. The predicted octanol–water partition coefficient (Wildman–Crippen LogP) is 2.54. The van der Waals surface area contributed by atoms with Crippen LogP contribution in [0.4, 0.5) is 18.9 Å². The molecule has 4 aliphatic rings. The first-order valence-electron chi connectivity index (χ1n) is 12.4. The molecular weight excluding hydrogens is 475 g/mol. The zero-order chi connectivity index (χ0) is 25.9. The zero-order valence-corrected chi connectivity index (χ0v) is 20.4. The van der Waals surface area contributed by atoms with E-state index in [9.17, 15) is 28.3 Å². The number of hydrogen-bond donors (Lipinski definition) is 4. The normalized spacial score (nSPS) is 36.0. The first kappa shape index (κ1) is 25.3. The Morgan fingerprint density at radius 1 is 1.36 bits per heavy atom. The van der Waals surface area contributed by atoms with Crippen LogP contribution in [0.25, 0.3) is 0 Å². The number of anilines is 1. The predicted molar refractivity (Wildman–Crippen MR) is 124 cm³/mol. The molecule has 0 spiro atoms. The third kappa shape index (κ3) is 3.69. The summed E-state index contributed by atoms with van der Waals surface area (Å²) in [5, 5.41) is 28.6. The number of piperidine rings is 1. The van der Waals surface area contributed by atoms with Gasteiger partial charge in [-0.2, -0.15) is 18.4 Å². The van der Waals surface area contributed by atoms with E-state index in [1.165, 1.54) is 26.0 Å². The summed E-state index contributed by atoms with van der Waals surface area (Å²) in [6.07, 6.45) is -2.75. The van der Waals surface area contributed by atoms with Crippen LogP contribution in [0.2, 0.25) is 0 Å². The Kier molecular flexibility index (Phi) is 6.03. The van der Waals surface area contributed by atoms with E-state index in [4.69, 9.17) is 4.74 Å². The number of nitrogens with zero attached hydrogens (tertiary/aromatic N) is 2. The molecule has 0 radical (unpaired) electrons. The first-order chi connectivity index (χ1) is 16.9. The quantitative estimate of drug-likeness (QED) is 0.496. The number of aliphatic hydroxyl groups is 1. The van der Waals surface area contributed by atoms with Crippen molar-refractivity contribution in [3.63, 3.8) is 0 Å². The van der Waals surface area contributed by atoms with Crippen molar-refractivity contribution < 1.29 is 27.8 Å². The molecule has 4 unspecified atom stereocenters. The van der Waals surface area contributed by atoms with Crippen molar-refractivity contribution in [1.29, 1.82) is 5.26 Å². The maximum atomic E-state index is 13.9. The van der Waals surface area contributed by atoms with Gasteiger partial charge >= 0.3 is 6.18 Å². The number of ether oxygens (including phenoxy) is 1. The molecule has 3 aliphatic heterocycles. The van der Waals surface area contributed by atoms with E-state index in [0.29, 0.717) is 37.4 Å². The summed E-state index contributed by atoms with van der Waals surface area (Å²) in [4.78, 5) is 13.0. The fourth-order valence-corrected chi connectivity index (χ4v) is 6.68. The Morgan fingerprint density at radius 3 is 2.81 bits per heavy atom. The van der Waals surface area contributed by atoms with Crippen molar-refractivity contribution in [2.24, 2.45) is 11.3 Å². The van der Waals surface area contributed by atoms with Crippen LogP contribution in [0.5, 0.6) is 0 Å². The van der Waals surface area contributed by atoms with Gasteiger partial charge in [0.1, 0.15) is 6.17 Å². The van der Waals surface area contributed by atoms with Crippen molar-refractivity contribution in [2.75, 3.05) is 25.1 Å². The lowest BCUT2D eigenvalue weighted by Gasteiger charge is -2.46. The fourth-order valence-electron chi connectivity index (χ4n) is 6.68. The van der Waals surface area contributed by atoms with Gasteiger partial charge in [0.2, 0.25) is 5.91 Å². The smallest absolute Gasteiger partial charge is 0.379 e. The highest BCUT2D eigenvalue weighted by Crippen LogP contribution is 2.58. The van der Waals surface area contributed by atoms with Gasteiger partial charge in [-0.15, -0.1) is 0 Å². The van der Waals surface area contributed by atoms with Gasteiger partial charge in [0.25, 0.3) is 0 Å². The summed E-state index contributed by atoms with van der Waals surface area (Å²) < 4.78 is 47.6. The average Bonchev–Trinajstić information content (AvgIpc) is 3.28. The number of alkyl halides is 3. The van der Waals surface area contributed by atoms with E-state index in [2.05, 4.69) is 22.1 Å². The number of fused-ring (bicyclic) bond motifs is 2. The van der Waals surface area contributed by atoms with Crippen LogP contribution < -0.4 is 16.1 Å². The third-order valence-electron chi connectivity index (χ3n) is 8.49. The summed E-state index contributed by atoms with van der Waals surface area (Å²) in [5.41, 5.74) is -0.639. The van der Waals surface area contributed by atoms with E-state index in [1.807, 2.05) is 5.01 Å². The molecule has 3 fully saturated rings. The standard InChI is InChI=1S/C25H32F3N5O3/c1-22(2)13-15-12-16(4-5-17(15)24(22,35)25(26,27)28)31-20-19-18(6-10-30-21(19)34)33(32-20)23(8-9-29)7-3-11-36-14-23/h4-5,12,18-20,31-32,35H,3,6-8,10-11,13-14H2,1-2H3,(H,30,34)/t18?,19?,20?,23-,24?/m0/s1. The van der Waals surface area contributed by atoms with E-state index in [1.54, 1.807) is 6.07 Å².